The Kier molecular flexibility index (Phi) is 7.37. The molecular formula is C30H42N8O4. The summed E-state index contributed by atoms with van der Waals surface area (Å²) in [6.45, 7) is 11.2. The van der Waals surface area contributed by atoms with Gasteiger partial charge in [0.25, 0.3) is 0 Å². The molecule has 12 nitrogen and oxygen atoms in total. The van der Waals surface area contributed by atoms with Crippen LogP contribution in [0.4, 0.5) is 5.82 Å². The van der Waals surface area contributed by atoms with Crippen molar-refractivity contribution in [3.63, 3.8) is 0 Å². The van der Waals surface area contributed by atoms with E-state index in [1.54, 1.807) is 4.57 Å². The minimum absolute atomic E-state index is 0.0655. The SMILES string of the molecule is CC(C)N(C[C@H]1O[C@@H](n2cnc3c(N)ncnc32)[C@H](O)[C@@H]1O)C1CC(CCc2nc3cc(C(C)(C)C)cc(O)c3[nH]2)C1. The molecule has 12 heteroatoms. The van der Waals surface area contributed by atoms with Gasteiger partial charge in [-0.15, -0.1) is 0 Å². The zero-order chi connectivity index (χ0) is 29.9. The lowest BCUT2D eigenvalue weighted by Crippen LogP contribution is -2.52. The number of phenols is 1. The third kappa shape index (κ3) is 5.21. The zero-order valence-electron chi connectivity index (χ0n) is 24.9. The number of fused-ring (bicyclic) bond motifs is 2. The van der Waals surface area contributed by atoms with Crippen molar-refractivity contribution >= 4 is 28.0 Å². The molecule has 1 aromatic carbocycles. The Labute approximate surface area is 245 Å². The van der Waals surface area contributed by atoms with Gasteiger partial charge >= 0.3 is 0 Å². The Hall–Kier alpha value is -3.32. The van der Waals surface area contributed by atoms with Crippen LogP contribution in [0.3, 0.4) is 0 Å². The van der Waals surface area contributed by atoms with Crippen molar-refractivity contribution in [2.75, 3.05) is 12.3 Å². The van der Waals surface area contributed by atoms with Crippen LogP contribution in [0.25, 0.3) is 22.2 Å². The topological polar surface area (TPSA) is 171 Å². The number of rotatable bonds is 8. The van der Waals surface area contributed by atoms with E-state index in [9.17, 15) is 15.3 Å². The molecule has 0 spiro atoms. The van der Waals surface area contributed by atoms with Gasteiger partial charge in [0.15, 0.2) is 17.7 Å². The van der Waals surface area contributed by atoms with Gasteiger partial charge in [0.1, 0.15) is 47.2 Å². The Balaban J connectivity index is 1.06. The number of ether oxygens (including phenoxy) is 1. The summed E-state index contributed by atoms with van der Waals surface area (Å²) in [7, 11) is 0. The second-order valence-corrected chi connectivity index (χ2v) is 13.3. The molecule has 0 bridgehead atoms. The molecule has 42 heavy (non-hydrogen) atoms. The highest BCUT2D eigenvalue weighted by atomic mass is 16.6. The summed E-state index contributed by atoms with van der Waals surface area (Å²) in [5, 5.41) is 32.4. The first-order valence-electron chi connectivity index (χ1n) is 14.8. The van der Waals surface area contributed by atoms with E-state index >= 15 is 0 Å². The van der Waals surface area contributed by atoms with E-state index in [0.717, 1.165) is 42.6 Å². The first-order valence-corrected chi connectivity index (χ1v) is 14.8. The second-order valence-electron chi connectivity index (χ2n) is 13.3. The molecule has 3 aromatic heterocycles. The molecule has 1 aliphatic carbocycles. The first kappa shape index (κ1) is 28.8. The Morgan fingerprint density at radius 1 is 1.14 bits per heavy atom. The van der Waals surface area contributed by atoms with Crippen LogP contribution in [0.5, 0.6) is 5.75 Å². The molecule has 226 valence electrons. The monoisotopic (exact) mass is 578 g/mol. The van der Waals surface area contributed by atoms with Crippen molar-refractivity contribution < 1.29 is 20.1 Å². The number of aromatic nitrogens is 6. The largest absolute Gasteiger partial charge is 0.506 e. The average Bonchev–Trinajstić information content (AvgIpc) is 3.59. The standard InChI is InChI=1S/C30H42N8O4/c1-15(2)37(12-21-25(40)26(41)29(42-21)38-14-34-24-27(31)32-13-33-28(24)38)18-8-16(9-18)6-7-22-35-19-10-17(30(3,4)5)11-20(39)23(19)36-22/h10-11,13-16,18,21,25-26,29,39-41H,6-9,12H2,1-5H3,(H,35,36)(H2,31,32,33)/t16?,18?,21-,25-,26-,29-/m1/s1. The van der Waals surface area contributed by atoms with Gasteiger partial charge in [-0.05, 0) is 62.1 Å². The Bertz CT molecular complexity index is 1570. The highest BCUT2D eigenvalue weighted by Crippen LogP contribution is 2.39. The number of H-pyrrole nitrogens is 1. The number of aliphatic hydroxyl groups is 2. The number of anilines is 1. The summed E-state index contributed by atoms with van der Waals surface area (Å²) in [6, 6.07) is 4.52. The molecular weight excluding hydrogens is 536 g/mol. The average molecular weight is 579 g/mol. The predicted molar refractivity (Wildman–Crippen MR) is 159 cm³/mol. The van der Waals surface area contributed by atoms with Gasteiger partial charge in [-0.1, -0.05) is 20.8 Å². The number of nitrogens with zero attached hydrogens (tertiary/aromatic N) is 6. The fraction of sp³-hybridized carbons (Fsp3) is 0.600. The maximum Gasteiger partial charge on any atom is 0.167 e. The van der Waals surface area contributed by atoms with Crippen molar-refractivity contribution in [1.82, 2.24) is 34.4 Å². The smallest absolute Gasteiger partial charge is 0.167 e. The van der Waals surface area contributed by atoms with Gasteiger partial charge in [-0.2, -0.15) is 0 Å². The van der Waals surface area contributed by atoms with Gasteiger partial charge in [-0.25, -0.2) is 19.9 Å². The van der Waals surface area contributed by atoms with Crippen LogP contribution in [0.1, 0.15) is 71.5 Å². The van der Waals surface area contributed by atoms with E-state index in [1.807, 2.05) is 6.07 Å². The molecule has 1 saturated heterocycles. The molecule has 1 aliphatic heterocycles. The van der Waals surface area contributed by atoms with Crippen molar-refractivity contribution in [3.05, 3.63) is 36.2 Å². The van der Waals surface area contributed by atoms with Crippen molar-refractivity contribution in [2.45, 2.75) is 102 Å². The highest BCUT2D eigenvalue weighted by molar-refractivity contribution is 5.83. The molecule has 2 aliphatic rings. The van der Waals surface area contributed by atoms with Crippen LogP contribution in [0.15, 0.2) is 24.8 Å². The van der Waals surface area contributed by atoms with Crippen LogP contribution in [0, 0.1) is 5.92 Å². The number of phenolic OH excluding ortho intramolecular Hbond substituents is 1. The zero-order valence-corrected chi connectivity index (χ0v) is 24.9. The van der Waals surface area contributed by atoms with Crippen molar-refractivity contribution in [3.8, 4) is 5.75 Å². The van der Waals surface area contributed by atoms with E-state index in [0.29, 0.717) is 35.2 Å². The lowest BCUT2D eigenvalue weighted by Gasteiger charge is -2.46. The molecule has 6 rings (SSSR count). The van der Waals surface area contributed by atoms with E-state index in [4.69, 9.17) is 15.5 Å². The van der Waals surface area contributed by atoms with E-state index in [2.05, 4.69) is 65.5 Å². The molecule has 2 fully saturated rings. The van der Waals surface area contributed by atoms with E-state index < -0.39 is 24.5 Å². The van der Waals surface area contributed by atoms with Gasteiger partial charge in [-0.3, -0.25) is 9.47 Å². The van der Waals surface area contributed by atoms with E-state index in [-0.39, 0.29) is 23.0 Å². The summed E-state index contributed by atoms with van der Waals surface area (Å²) < 4.78 is 7.84. The molecule has 4 atom stereocenters. The number of aromatic hydroxyl groups is 1. The molecule has 4 heterocycles. The van der Waals surface area contributed by atoms with Crippen LogP contribution >= 0.6 is 0 Å². The predicted octanol–water partition coefficient (Wildman–Crippen LogP) is 3.03. The molecule has 0 radical (unpaired) electrons. The fourth-order valence-electron chi connectivity index (χ4n) is 6.40. The summed E-state index contributed by atoms with van der Waals surface area (Å²) in [5.74, 6) is 1.97. The van der Waals surface area contributed by atoms with Gasteiger partial charge in [0, 0.05) is 25.0 Å². The quantitative estimate of drug-likeness (QED) is 0.209. The number of nitrogens with one attached hydrogen (secondary N) is 1. The lowest BCUT2D eigenvalue weighted by atomic mass is 9.76. The van der Waals surface area contributed by atoms with Gasteiger partial charge in [0.05, 0.1) is 11.8 Å². The van der Waals surface area contributed by atoms with Crippen LogP contribution < -0.4 is 5.73 Å². The summed E-state index contributed by atoms with van der Waals surface area (Å²) in [5.41, 5.74) is 9.31. The normalized spacial score (nSPS) is 26.6. The van der Waals surface area contributed by atoms with Gasteiger partial charge in [0.2, 0.25) is 0 Å². The highest BCUT2D eigenvalue weighted by Gasteiger charge is 2.46. The van der Waals surface area contributed by atoms with Gasteiger partial charge < -0.3 is 30.8 Å². The third-order valence-corrected chi connectivity index (χ3v) is 9.01. The molecule has 6 N–H and O–H groups in total. The van der Waals surface area contributed by atoms with Crippen LogP contribution in [-0.4, -0.2) is 86.6 Å². The fourth-order valence-corrected chi connectivity index (χ4v) is 6.40. The lowest BCUT2D eigenvalue weighted by molar-refractivity contribution is -0.0620. The number of aryl methyl sites for hydroxylation is 1. The Morgan fingerprint density at radius 3 is 2.62 bits per heavy atom. The third-order valence-electron chi connectivity index (χ3n) is 9.01. The number of imidazole rings is 2. The molecule has 1 saturated carbocycles. The van der Waals surface area contributed by atoms with Crippen molar-refractivity contribution in [1.29, 1.82) is 0 Å². The first-order chi connectivity index (χ1) is 19.9. The number of hydrogen-bond donors (Lipinski definition) is 5. The number of benzene rings is 1. The number of nitrogen functional groups attached to an aromatic ring is 1. The van der Waals surface area contributed by atoms with E-state index in [1.165, 1.54) is 12.7 Å². The maximum absolute atomic E-state index is 10.9. The minimum atomic E-state index is -1.13. The molecule has 0 unspecified atom stereocenters. The number of aliphatic hydroxyl groups excluding tert-OH is 2. The maximum atomic E-state index is 10.9. The number of hydrogen-bond acceptors (Lipinski definition) is 10. The molecule has 0 amide bonds. The van der Waals surface area contributed by atoms with Crippen LogP contribution in [0.2, 0.25) is 0 Å². The second kappa shape index (κ2) is 10.7. The number of nitrogens with two attached hydrogens (primary N) is 1. The Morgan fingerprint density at radius 2 is 1.90 bits per heavy atom. The molecule has 4 aromatic rings. The van der Waals surface area contributed by atoms with Crippen LogP contribution in [-0.2, 0) is 16.6 Å². The summed E-state index contributed by atoms with van der Waals surface area (Å²) >= 11 is 0. The number of aromatic amines is 1. The van der Waals surface area contributed by atoms with Crippen molar-refractivity contribution in [2.24, 2.45) is 5.92 Å². The minimum Gasteiger partial charge on any atom is -0.506 e. The summed E-state index contributed by atoms with van der Waals surface area (Å²) in [4.78, 5) is 23.0. The summed E-state index contributed by atoms with van der Waals surface area (Å²) in [6.07, 6.45) is 3.23.